The summed E-state index contributed by atoms with van der Waals surface area (Å²) in [4.78, 5) is 0. The summed E-state index contributed by atoms with van der Waals surface area (Å²) in [5.74, 6) is 0. The topological polar surface area (TPSA) is 33.0 Å². The van der Waals surface area contributed by atoms with Crippen LogP contribution in [0.3, 0.4) is 0 Å². The van der Waals surface area contributed by atoms with Crippen molar-refractivity contribution in [3.63, 3.8) is 0 Å². The molecule has 62 valence electrons. The molecule has 0 saturated carbocycles. The normalized spacial score (nSPS) is 12.1. The van der Waals surface area contributed by atoms with E-state index in [1.807, 2.05) is 31.2 Å². The van der Waals surface area contributed by atoms with Gasteiger partial charge < -0.3 is 4.74 Å². The Bertz CT molecular complexity index is 301. The van der Waals surface area contributed by atoms with Crippen molar-refractivity contribution in [3.8, 4) is 6.07 Å². The van der Waals surface area contributed by atoms with E-state index in [9.17, 15) is 0 Å². The maximum absolute atomic E-state index is 8.73. The zero-order valence-electron chi connectivity index (χ0n) is 7.24. The summed E-state index contributed by atoms with van der Waals surface area (Å²) in [5, 5.41) is 8.73. The zero-order valence-corrected chi connectivity index (χ0v) is 7.24. The summed E-state index contributed by atoms with van der Waals surface area (Å²) < 4.78 is 5.01. The predicted molar refractivity (Wildman–Crippen MR) is 46.5 cm³/mol. The molecule has 0 spiro atoms. The second-order valence-corrected chi connectivity index (χ2v) is 2.60. The molecule has 0 radical (unpaired) electrons. The lowest BCUT2D eigenvalue weighted by Gasteiger charge is -2.09. The van der Waals surface area contributed by atoms with Gasteiger partial charge in [-0.25, -0.2) is 0 Å². The van der Waals surface area contributed by atoms with Crippen molar-refractivity contribution < 1.29 is 4.74 Å². The van der Waals surface area contributed by atoms with E-state index in [1.165, 1.54) is 0 Å². The van der Waals surface area contributed by atoms with Gasteiger partial charge in [0.1, 0.15) is 0 Å². The number of nitrogens with zero attached hydrogens (tertiary/aromatic N) is 1. The Morgan fingerprint density at radius 2 is 2.08 bits per heavy atom. The molecule has 0 amide bonds. The molecule has 0 aromatic heterocycles. The van der Waals surface area contributed by atoms with E-state index >= 15 is 0 Å². The number of nitriles is 1. The highest BCUT2D eigenvalue weighted by molar-refractivity contribution is 5.30. The average molecular weight is 161 g/mol. The minimum absolute atomic E-state index is 0.439. The molecule has 0 bridgehead atoms. The van der Waals surface area contributed by atoms with Gasteiger partial charge in [-0.05, 0) is 18.1 Å². The van der Waals surface area contributed by atoms with Crippen molar-refractivity contribution in [1.82, 2.24) is 0 Å². The smallest absolute Gasteiger partial charge is 0.168 e. The molecule has 0 aliphatic heterocycles. The van der Waals surface area contributed by atoms with Crippen molar-refractivity contribution in [2.75, 3.05) is 7.11 Å². The quantitative estimate of drug-likeness (QED) is 0.666. The minimum Gasteiger partial charge on any atom is -0.362 e. The SMILES string of the molecule is COC(C#N)c1ccccc1C. The van der Waals surface area contributed by atoms with Gasteiger partial charge in [0.15, 0.2) is 6.10 Å². The van der Waals surface area contributed by atoms with Gasteiger partial charge in [-0.1, -0.05) is 24.3 Å². The summed E-state index contributed by atoms with van der Waals surface area (Å²) in [5.41, 5.74) is 2.04. The molecular weight excluding hydrogens is 150 g/mol. The van der Waals surface area contributed by atoms with E-state index in [2.05, 4.69) is 6.07 Å². The van der Waals surface area contributed by atoms with Gasteiger partial charge in [-0.15, -0.1) is 0 Å². The summed E-state index contributed by atoms with van der Waals surface area (Å²) in [6, 6.07) is 9.82. The molecule has 1 rings (SSSR count). The molecule has 0 aliphatic rings. The molecule has 12 heavy (non-hydrogen) atoms. The monoisotopic (exact) mass is 161 g/mol. The second-order valence-electron chi connectivity index (χ2n) is 2.60. The molecule has 1 aromatic rings. The third-order valence-electron chi connectivity index (χ3n) is 1.82. The van der Waals surface area contributed by atoms with E-state index in [1.54, 1.807) is 7.11 Å². The fraction of sp³-hybridized carbons (Fsp3) is 0.300. The van der Waals surface area contributed by atoms with E-state index in [4.69, 9.17) is 10.00 Å². The molecular formula is C10H11NO. The molecule has 0 fully saturated rings. The molecule has 2 nitrogen and oxygen atoms in total. The summed E-state index contributed by atoms with van der Waals surface area (Å²) in [6.45, 7) is 1.97. The molecule has 1 unspecified atom stereocenters. The third kappa shape index (κ3) is 1.63. The van der Waals surface area contributed by atoms with Gasteiger partial charge in [-0.2, -0.15) is 5.26 Å². The van der Waals surface area contributed by atoms with Crippen LogP contribution in [0.2, 0.25) is 0 Å². The first-order valence-corrected chi connectivity index (χ1v) is 3.77. The van der Waals surface area contributed by atoms with Crippen molar-refractivity contribution in [2.24, 2.45) is 0 Å². The van der Waals surface area contributed by atoms with Crippen molar-refractivity contribution in [2.45, 2.75) is 13.0 Å². The largest absolute Gasteiger partial charge is 0.362 e. The average Bonchev–Trinajstić information content (AvgIpc) is 2.10. The molecule has 1 atom stereocenters. The first-order chi connectivity index (χ1) is 5.79. The lowest BCUT2D eigenvalue weighted by molar-refractivity contribution is 0.148. The number of aryl methyl sites for hydroxylation is 1. The van der Waals surface area contributed by atoms with Crippen LogP contribution in [0.5, 0.6) is 0 Å². The van der Waals surface area contributed by atoms with Gasteiger partial charge in [-0.3, -0.25) is 0 Å². The predicted octanol–water partition coefficient (Wildman–Crippen LogP) is 2.21. The minimum atomic E-state index is -0.439. The Balaban J connectivity index is 3.02. The van der Waals surface area contributed by atoms with Crippen LogP contribution < -0.4 is 0 Å². The lowest BCUT2D eigenvalue weighted by atomic mass is 10.0. The van der Waals surface area contributed by atoms with Crippen LogP contribution in [0.1, 0.15) is 17.2 Å². The van der Waals surface area contributed by atoms with Crippen LogP contribution in [0.15, 0.2) is 24.3 Å². The molecule has 0 N–H and O–H groups in total. The molecule has 0 heterocycles. The Kier molecular flexibility index (Phi) is 2.84. The van der Waals surface area contributed by atoms with Crippen LogP contribution in [0, 0.1) is 18.3 Å². The standard InChI is InChI=1S/C10H11NO/c1-8-5-3-4-6-9(8)10(7-11)12-2/h3-6,10H,1-2H3. The molecule has 0 saturated heterocycles. The van der Waals surface area contributed by atoms with E-state index in [0.717, 1.165) is 11.1 Å². The number of methoxy groups -OCH3 is 1. The maximum Gasteiger partial charge on any atom is 0.168 e. The highest BCUT2D eigenvalue weighted by Crippen LogP contribution is 2.18. The number of benzene rings is 1. The number of hydrogen-bond donors (Lipinski definition) is 0. The number of hydrogen-bond acceptors (Lipinski definition) is 2. The van der Waals surface area contributed by atoms with Gasteiger partial charge >= 0.3 is 0 Å². The fourth-order valence-corrected chi connectivity index (χ4v) is 1.13. The molecule has 0 aliphatic carbocycles. The van der Waals surface area contributed by atoms with Gasteiger partial charge in [0, 0.05) is 7.11 Å². The van der Waals surface area contributed by atoms with Gasteiger partial charge in [0.25, 0.3) is 0 Å². The summed E-state index contributed by atoms with van der Waals surface area (Å²) >= 11 is 0. The highest BCUT2D eigenvalue weighted by Gasteiger charge is 2.09. The first kappa shape index (κ1) is 8.76. The molecule has 1 aromatic carbocycles. The number of ether oxygens (including phenoxy) is 1. The Labute approximate surface area is 72.4 Å². The van der Waals surface area contributed by atoms with Crippen LogP contribution in [0.4, 0.5) is 0 Å². The summed E-state index contributed by atoms with van der Waals surface area (Å²) in [7, 11) is 1.54. The zero-order chi connectivity index (χ0) is 8.97. The van der Waals surface area contributed by atoms with Gasteiger partial charge in [0.05, 0.1) is 6.07 Å². The van der Waals surface area contributed by atoms with E-state index < -0.39 is 6.10 Å². The second kappa shape index (κ2) is 3.89. The summed E-state index contributed by atoms with van der Waals surface area (Å²) in [6.07, 6.45) is -0.439. The third-order valence-corrected chi connectivity index (χ3v) is 1.82. The van der Waals surface area contributed by atoms with Crippen molar-refractivity contribution in [1.29, 1.82) is 5.26 Å². The maximum atomic E-state index is 8.73. The Morgan fingerprint density at radius 3 is 2.58 bits per heavy atom. The fourth-order valence-electron chi connectivity index (χ4n) is 1.13. The van der Waals surface area contributed by atoms with Crippen LogP contribution in [0.25, 0.3) is 0 Å². The van der Waals surface area contributed by atoms with Crippen molar-refractivity contribution >= 4 is 0 Å². The first-order valence-electron chi connectivity index (χ1n) is 3.77. The molecule has 2 heteroatoms. The van der Waals surface area contributed by atoms with Crippen molar-refractivity contribution in [3.05, 3.63) is 35.4 Å². The van der Waals surface area contributed by atoms with Gasteiger partial charge in [0.2, 0.25) is 0 Å². The van der Waals surface area contributed by atoms with E-state index in [0.29, 0.717) is 0 Å². The van der Waals surface area contributed by atoms with Crippen LogP contribution in [-0.4, -0.2) is 7.11 Å². The Hall–Kier alpha value is -1.33. The highest BCUT2D eigenvalue weighted by atomic mass is 16.5. The number of rotatable bonds is 2. The van der Waals surface area contributed by atoms with Crippen LogP contribution in [-0.2, 0) is 4.74 Å². The van der Waals surface area contributed by atoms with Crippen LogP contribution >= 0.6 is 0 Å². The lowest BCUT2D eigenvalue weighted by Crippen LogP contribution is -1.99. The van der Waals surface area contributed by atoms with E-state index in [-0.39, 0.29) is 0 Å². The Morgan fingerprint density at radius 1 is 1.42 bits per heavy atom.